The van der Waals surface area contributed by atoms with E-state index in [1.165, 1.54) is 0 Å². The summed E-state index contributed by atoms with van der Waals surface area (Å²) in [5, 5.41) is 0. The van der Waals surface area contributed by atoms with Crippen LogP contribution in [-0.2, 0) is 0 Å². The Morgan fingerprint density at radius 1 is 0.431 bits per heavy atom. The molecule has 65 heavy (non-hydrogen) atoms. The van der Waals surface area contributed by atoms with Crippen LogP contribution in [0.15, 0.2) is 71.2 Å². The van der Waals surface area contributed by atoms with Crippen molar-refractivity contribution in [1.82, 2.24) is 19.9 Å². The number of hydrogen-bond acceptors (Lipinski definition) is 6. The van der Waals surface area contributed by atoms with Crippen molar-refractivity contribution in [3.8, 4) is 45.3 Å². The number of benzene rings is 2. The topological polar surface area (TPSA) is 94.3 Å². The average molecular weight is 942 g/mol. The molecule has 8 nitrogen and oxygen atoms in total. The second-order valence-electron chi connectivity index (χ2n) is 22.3. The van der Waals surface area contributed by atoms with Crippen molar-refractivity contribution in [2.24, 2.45) is 21.7 Å². The summed E-state index contributed by atoms with van der Waals surface area (Å²) in [4.78, 5) is 18.0. The lowest BCUT2D eigenvalue weighted by Gasteiger charge is -2.20. The Morgan fingerprint density at radius 2 is 0.815 bits per heavy atom. The van der Waals surface area contributed by atoms with E-state index in [9.17, 15) is 0 Å². The van der Waals surface area contributed by atoms with Crippen LogP contribution < -0.4 is 18.9 Å². The SMILES string of the molecule is CC(C)(C)CCOc1cc(OCCC(C)(C)C)cc(-c2c3nc(c(Br)c4ccc([nH]4)c(-c4cc(OCCC(C)(C)C)cc(OCCC(C)(C)C)c4)c4nc(cc5ccc2[nH]5)C=C4)C=C3)c1. The molecule has 8 bridgehead atoms. The molecular weight excluding hydrogens is 873 g/mol. The second kappa shape index (κ2) is 19.3. The van der Waals surface area contributed by atoms with Gasteiger partial charge in [-0.15, -0.1) is 0 Å². The molecule has 344 valence electrons. The molecule has 5 aromatic rings. The minimum Gasteiger partial charge on any atom is -0.493 e. The first kappa shape index (κ1) is 47.7. The van der Waals surface area contributed by atoms with Crippen LogP contribution in [0.3, 0.4) is 0 Å². The normalized spacial score (nSPS) is 13.1. The van der Waals surface area contributed by atoms with Gasteiger partial charge in [0.2, 0.25) is 0 Å². The fraction of sp³-hybridized carbons (Fsp3) is 0.429. The van der Waals surface area contributed by atoms with Gasteiger partial charge < -0.3 is 28.9 Å². The number of H-pyrrole nitrogens is 2. The van der Waals surface area contributed by atoms with Gasteiger partial charge in [0.05, 0.1) is 59.2 Å². The molecule has 0 spiro atoms. The van der Waals surface area contributed by atoms with E-state index in [4.69, 9.17) is 28.9 Å². The van der Waals surface area contributed by atoms with E-state index < -0.39 is 0 Å². The number of halogens is 1. The van der Waals surface area contributed by atoms with Gasteiger partial charge in [-0.05, 0) is 153 Å². The molecule has 2 aliphatic rings. The monoisotopic (exact) mass is 940 g/mol. The van der Waals surface area contributed by atoms with Crippen molar-refractivity contribution in [3.63, 3.8) is 0 Å². The number of nitrogens with zero attached hydrogens (tertiary/aromatic N) is 2. The fourth-order valence-corrected chi connectivity index (χ4v) is 7.83. The maximum atomic E-state index is 6.46. The standard InChI is InChI=1S/C56H69BrN4O4/c1-53(2,3)21-25-62-40-29-36(30-41(34-40)63-26-22-54(4,5)6)50-44-15-13-38(58-44)33-39-14-16-45(59-39)51(47-18-20-49(61-47)52(57)48-19-17-46(50)60-48)37-31-42(64-27-23-55(7,8)9)35-43(32-37)65-28-24-56(10,11)12/h13-20,29-35,58,61H,21-28H2,1-12H3. The zero-order valence-electron chi connectivity index (χ0n) is 40.7. The number of aromatic amines is 2. The second-order valence-corrected chi connectivity index (χ2v) is 23.1. The van der Waals surface area contributed by atoms with Crippen LogP contribution in [-0.4, -0.2) is 46.4 Å². The Bertz CT molecular complexity index is 2570. The molecule has 2 aromatic carbocycles. The smallest absolute Gasteiger partial charge is 0.123 e. The largest absolute Gasteiger partial charge is 0.493 e. The number of nitrogens with one attached hydrogen (secondary N) is 2. The number of aromatic nitrogens is 4. The van der Waals surface area contributed by atoms with Crippen molar-refractivity contribution in [1.29, 1.82) is 0 Å². The van der Waals surface area contributed by atoms with Crippen LogP contribution in [0.25, 0.3) is 68.6 Å². The van der Waals surface area contributed by atoms with Gasteiger partial charge in [-0.2, -0.15) is 0 Å². The molecule has 0 radical (unpaired) electrons. The minimum atomic E-state index is 0.144. The molecule has 0 saturated carbocycles. The lowest BCUT2D eigenvalue weighted by Crippen LogP contribution is -2.12. The van der Waals surface area contributed by atoms with E-state index in [-0.39, 0.29) is 21.7 Å². The first-order chi connectivity index (χ1) is 30.5. The highest BCUT2D eigenvalue weighted by atomic mass is 79.9. The van der Waals surface area contributed by atoms with Crippen LogP contribution in [0.2, 0.25) is 0 Å². The van der Waals surface area contributed by atoms with Crippen molar-refractivity contribution in [2.45, 2.75) is 109 Å². The number of fused-ring (bicyclic) bond motifs is 8. The highest BCUT2D eigenvalue weighted by Crippen LogP contribution is 2.39. The van der Waals surface area contributed by atoms with E-state index >= 15 is 0 Å². The Hall–Kier alpha value is -5.28. The molecule has 0 aliphatic carbocycles. The van der Waals surface area contributed by atoms with Gasteiger partial charge in [0.1, 0.15) is 23.0 Å². The van der Waals surface area contributed by atoms with Gasteiger partial charge in [0.15, 0.2) is 0 Å². The summed E-state index contributed by atoms with van der Waals surface area (Å²) < 4.78 is 26.7. The van der Waals surface area contributed by atoms with Gasteiger partial charge in [0, 0.05) is 39.8 Å². The summed E-state index contributed by atoms with van der Waals surface area (Å²) in [6, 6.07) is 22.9. The van der Waals surface area contributed by atoms with Crippen LogP contribution in [0.5, 0.6) is 23.0 Å². The summed E-state index contributed by atoms with van der Waals surface area (Å²) in [6.45, 7) is 29.2. The van der Waals surface area contributed by atoms with E-state index in [0.717, 1.165) is 120 Å². The molecular formula is C56H69BrN4O4. The predicted molar refractivity (Wildman–Crippen MR) is 276 cm³/mol. The molecule has 3 aromatic heterocycles. The van der Waals surface area contributed by atoms with Gasteiger partial charge in [-0.1, -0.05) is 83.1 Å². The van der Waals surface area contributed by atoms with Crippen LogP contribution in [0.1, 0.15) is 132 Å². The Balaban J connectivity index is 1.39. The quantitative estimate of drug-likeness (QED) is 0.113. The lowest BCUT2D eigenvalue weighted by atomic mass is 9.93. The van der Waals surface area contributed by atoms with E-state index in [0.29, 0.717) is 26.4 Å². The third-order valence-corrected chi connectivity index (χ3v) is 12.2. The van der Waals surface area contributed by atoms with Crippen molar-refractivity contribution < 1.29 is 18.9 Å². The third kappa shape index (κ3) is 13.4. The minimum absolute atomic E-state index is 0.144. The van der Waals surface area contributed by atoms with E-state index in [1.54, 1.807) is 0 Å². The van der Waals surface area contributed by atoms with E-state index in [1.807, 2.05) is 12.1 Å². The van der Waals surface area contributed by atoms with Crippen molar-refractivity contribution in [3.05, 3.63) is 94.0 Å². The Labute approximate surface area is 395 Å². The molecule has 0 saturated heterocycles. The molecule has 2 N–H and O–H groups in total. The van der Waals surface area contributed by atoms with Gasteiger partial charge >= 0.3 is 0 Å². The van der Waals surface area contributed by atoms with Crippen LogP contribution in [0, 0.1) is 21.7 Å². The highest BCUT2D eigenvalue weighted by molar-refractivity contribution is 9.10. The maximum absolute atomic E-state index is 6.46. The summed E-state index contributed by atoms with van der Waals surface area (Å²) in [7, 11) is 0. The highest BCUT2D eigenvalue weighted by Gasteiger charge is 2.20. The van der Waals surface area contributed by atoms with Gasteiger partial charge in [0.25, 0.3) is 0 Å². The van der Waals surface area contributed by atoms with Crippen molar-refractivity contribution in [2.75, 3.05) is 26.4 Å². The Morgan fingerprint density at radius 3 is 1.28 bits per heavy atom. The van der Waals surface area contributed by atoms with E-state index in [2.05, 4.69) is 188 Å². The molecule has 7 rings (SSSR count). The molecule has 0 atom stereocenters. The summed E-state index contributed by atoms with van der Waals surface area (Å²) >= 11 is 3.97. The number of ether oxygens (including phenoxy) is 4. The molecule has 5 heterocycles. The summed E-state index contributed by atoms with van der Waals surface area (Å²) in [6.07, 6.45) is 12.0. The zero-order chi connectivity index (χ0) is 46.7. The molecule has 2 aliphatic heterocycles. The zero-order valence-corrected chi connectivity index (χ0v) is 42.3. The Kier molecular flexibility index (Phi) is 14.1. The van der Waals surface area contributed by atoms with Crippen molar-refractivity contribution >= 4 is 62.3 Å². The van der Waals surface area contributed by atoms with Gasteiger partial charge in [-0.3, -0.25) is 0 Å². The average Bonchev–Trinajstić information content (AvgIpc) is 4.03. The first-order valence-corrected chi connectivity index (χ1v) is 23.9. The van der Waals surface area contributed by atoms with Crippen LogP contribution >= 0.6 is 15.9 Å². The third-order valence-electron chi connectivity index (χ3n) is 11.3. The summed E-state index contributed by atoms with van der Waals surface area (Å²) in [5.41, 5.74) is 11.3. The first-order valence-electron chi connectivity index (χ1n) is 23.2. The fourth-order valence-electron chi connectivity index (χ4n) is 7.38. The lowest BCUT2D eigenvalue weighted by molar-refractivity contribution is 0.233. The van der Waals surface area contributed by atoms with Crippen LogP contribution in [0.4, 0.5) is 0 Å². The number of rotatable bonds is 14. The maximum Gasteiger partial charge on any atom is 0.123 e. The molecule has 0 fully saturated rings. The molecule has 9 heteroatoms. The summed E-state index contributed by atoms with van der Waals surface area (Å²) in [5.74, 6) is 3.06. The predicted octanol–water partition coefficient (Wildman–Crippen LogP) is 16.0. The number of hydrogen-bond donors (Lipinski definition) is 2. The van der Waals surface area contributed by atoms with Gasteiger partial charge in [-0.25, -0.2) is 9.97 Å². The molecule has 0 unspecified atom stereocenters. The molecule has 0 amide bonds.